The monoisotopic (exact) mass is 372 g/mol. The van der Waals surface area contributed by atoms with Gasteiger partial charge in [-0.3, -0.25) is 9.78 Å². The van der Waals surface area contributed by atoms with E-state index in [0.29, 0.717) is 33.7 Å². The number of amides is 1. The highest BCUT2D eigenvalue weighted by atomic mass is 35.5. The number of hydrogen-bond acceptors (Lipinski definition) is 4. The number of carbonyl (C=O) groups excluding carboxylic acids is 1. The second kappa shape index (κ2) is 7.96. The van der Waals surface area contributed by atoms with Gasteiger partial charge >= 0.3 is 0 Å². The summed E-state index contributed by atoms with van der Waals surface area (Å²) in [4.78, 5) is 20.5. The zero-order chi connectivity index (χ0) is 17.6. The standard InChI is InChI=1S/C18H14Cl2N4O/c19-14-3-4-15(20)16(9-14)24-17-8-13(5-7-22-17)18(25)23-11-12-2-1-6-21-10-12/h1-10H,11H2,(H,22,24)(H,23,25). The normalized spacial score (nSPS) is 10.3. The summed E-state index contributed by atoms with van der Waals surface area (Å²) in [5.41, 5.74) is 2.03. The average Bonchev–Trinajstić information content (AvgIpc) is 2.64. The lowest BCUT2D eigenvalue weighted by molar-refractivity contribution is 0.0951. The lowest BCUT2D eigenvalue weighted by atomic mass is 10.2. The van der Waals surface area contributed by atoms with Crippen molar-refractivity contribution in [2.45, 2.75) is 6.54 Å². The topological polar surface area (TPSA) is 66.9 Å². The van der Waals surface area contributed by atoms with Crippen LogP contribution in [0.4, 0.5) is 11.5 Å². The summed E-state index contributed by atoms with van der Waals surface area (Å²) in [5.74, 6) is 0.296. The first-order valence-electron chi connectivity index (χ1n) is 7.47. The molecule has 0 saturated carbocycles. The van der Waals surface area contributed by atoms with Crippen LogP contribution in [0.5, 0.6) is 0 Å². The number of hydrogen-bond donors (Lipinski definition) is 2. The van der Waals surface area contributed by atoms with Gasteiger partial charge in [0.15, 0.2) is 0 Å². The lowest BCUT2D eigenvalue weighted by Gasteiger charge is -2.10. The van der Waals surface area contributed by atoms with E-state index in [-0.39, 0.29) is 5.91 Å². The number of nitrogens with one attached hydrogen (secondary N) is 2. The van der Waals surface area contributed by atoms with Crippen molar-refractivity contribution in [1.82, 2.24) is 15.3 Å². The van der Waals surface area contributed by atoms with E-state index < -0.39 is 0 Å². The number of pyridine rings is 2. The van der Waals surface area contributed by atoms with Crippen LogP contribution in [-0.4, -0.2) is 15.9 Å². The van der Waals surface area contributed by atoms with Crippen LogP contribution in [-0.2, 0) is 6.54 Å². The minimum Gasteiger partial charge on any atom is -0.348 e. The van der Waals surface area contributed by atoms with Crippen LogP contribution in [0.1, 0.15) is 15.9 Å². The predicted octanol–water partition coefficient (Wildman–Crippen LogP) is 4.46. The molecule has 0 saturated heterocycles. The van der Waals surface area contributed by atoms with E-state index in [1.165, 1.54) is 0 Å². The predicted molar refractivity (Wildman–Crippen MR) is 99.4 cm³/mol. The summed E-state index contributed by atoms with van der Waals surface area (Å²) in [5, 5.41) is 6.97. The maximum absolute atomic E-state index is 12.3. The third-order valence-corrected chi connectivity index (χ3v) is 3.95. The van der Waals surface area contributed by atoms with Crippen LogP contribution < -0.4 is 10.6 Å². The molecule has 3 rings (SSSR count). The molecule has 7 heteroatoms. The third kappa shape index (κ3) is 4.68. The fourth-order valence-corrected chi connectivity index (χ4v) is 2.50. The molecule has 2 N–H and O–H groups in total. The van der Waals surface area contributed by atoms with Gasteiger partial charge in [-0.2, -0.15) is 0 Å². The van der Waals surface area contributed by atoms with E-state index in [1.807, 2.05) is 12.1 Å². The van der Waals surface area contributed by atoms with Gasteiger partial charge in [-0.15, -0.1) is 0 Å². The number of anilines is 2. The maximum atomic E-state index is 12.3. The molecule has 0 aliphatic rings. The molecule has 5 nitrogen and oxygen atoms in total. The van der Waals surface area contributed by atoms with Crippen LogP contribution in [0.25, 0.3) is 0 Å². The van der Waals surface area contributed by atoms with Crippen molar-refractivity contribution in [3.8, 4) is 0 Å². The quantitative estimate of drug-likeness (QED) is 0.693. The van der Waals surface area contributed by atoms with Crippen LogP contribution >= 0.6 is 23.2 Å². The molecule has 1 amide bonds. The molecule has 25 heavy (non-hydrogen) atoms. The minimum atomic E-state index is -0.202. The molecular formula is C18H14Cl2N4O. The zero-order valence-electron chi connectivity index (χ0n) is 13.0. The SMILES string of the molecule is O=C(NCc1cccnc1)c1ccnc(Nc2cc(Cl)ccc2Cl)c1. The van der Waals surface area contributed by atoms with Crippen molar-refractivity contribution < 1.29 is 4.79 Å². The number of benzene rings is 1. The first kappa shape index (κ1) is 17.2. The van der Waals surface area contributed by atoms with Crippen LogP contribution in [0.2, 0.25) is 10.0 Å². The molecule has 2 aromatic heterocycles. The van der Waals surface area contributed by atoms with Gasteiger partial charge in [-0.05, 0) is 42.0 Å². The molecule has 1 aromatic carbocycles. The Balaban J connectivity index is 1.70. The summed E-state index contributed by atoms with van der Waals surface area (Å²) in [6.45, 7) is 0.401. The fourth-order valence-electron chi connectivity index (χ4n) is 2.16. The van der Waals surface area contributed by atoms with E-state index in [2.05, 4.69) is 20.6 Å². The molecule has 0 atom stereocenters. The van der Waals surface area contributed by atoms with E-state index in [9.17, 15) is 4.79 Å². The van der Waals surface area contributed by atoms with Crippen molar-refractivity contribution >= 4 is 40.6 Å². The highest BCUT2D eigenvalue weighted by Crippen LogP contribution is 2.27. The first-order chi connectivity index (χ1) is 12.1. The Morgan fingerprint density at radius 3 is 2.76 bits per heavy atom. The van der Waals surface area contributed by atoms with Gasteiger partial charge in [0.25, 0.3) is 5.91 Å². The number of aromatic nitrogens is 2. The van der Waals surface area contributed by atoms with Gasteiger partial charge in [-0.25, -0.2) is 4.98 Å². The summed E-state index contributed by atoms with van der Waals surface area (Å²) >= 11 is 12.1. The second-order valence-corrected chi connectivity index (χ2v) is 6.07. The fraction of sp³-hybridized carbons (Fsp3) is 0.0556. The molecule has 126 valence electrons. The molecule has 0 fully saturated rings. The number of halogens is 2. The molecular weight excluding hydrogens is 359 g/mol. The number of nitrogens with zero attached hydrogens (tertiary/aromatic N) is 2. The average molecular weight is 373 g/mol. The summed E-state index contributed by atoms with van der Waals surface area (Å²) in [6.07, 6.45) is 4.95. The number of rotatable bonds is 5. The minimum absolute atomic E-state index is 0.202. The molecule has 3 aromatic rings. The van der Waals surface area contributed by atoms with Gasteiger partial charge in [0.2, 0.25) is 0 Å². The van der Waals surface area contributed by atoms with Gasteiger partial charge in [0, 0.05) is 35.7 Å². The van der Waals surface area contributed by atoms with Crippen molar-refractivity contribution in [3.63, 3.8) is 0 Å². The van der Waals surface area contributed by atoms with Gasteiger partial charge in [-0.1, -0.05) is 29.3 Å². The van der Waals surface area contributed by atoms with E-state index in [0.717, 1.165) is 5.56 Å². The van der Waals surface area contributed by atoms with E-state index >= 15 is 0 Å². The Kier molecular flexibility index (Phi) is 5.48. The van der Waals surface area contributed by atoms with Crippen molar-refractivity contribution in [3.05, 3.63) is 82.2 Å². The zero-order valence-corrected chi connectivity index (χ0v) is 14.6. The Bertz CT molecular complexity index is 887. The smallest absolute Gasteiger partial charge is 0.251 e. The molecule has 0 unspecified atom stereocenters. The molecule has 0 bridgehead atoms. The Labute approximate surface area is 155 Å². The Morgan fingerprint density at radius 1 is 1.08 bits per heavy atom. The summed E-state index contributed by atoms with van der Waals surface area (Å²) < 4.78 is 0. The first-order valence-corrected chi connectivity index (χ1v) is 8.22. The lowest BCUT2D eigenvalue weighted by Crippen LogP contribution is -2.23. The summed E-state index contributed by atoms with van der Waals surface area (Å²) in [6, 6.07) is 12.1. The van der Waals surface area contributed by atoms with Crippen molar-refractivity contribution in [2.24, 2.45) is 0 Å². The summed E-state index contributed by atoms with van der Waals surface area (Å²) in [7, 11) is 0. The second-order valence-electron chi connectivity index (χ2n) is 5.22. The van der Waals surface area contributed by atoms with Crippen LogP contribution in [0.3, 0.4) is 0 Å². The molecule has 0 aliphatic heterocycles. The molecule has 2 heterocycles. The van der Waals surface area contributed by atoms with Gasteiger partial charge < -0.3 is 10.6 Å². The highest BCUT2D eigenvalue weighted by Gasteiger charge is 2.08. The van der Waals surface area contributed by atoms with Crippen molar-refractivity contribution in [1.29, 1.82) is 0 Å². The molecule has 0 aliphatic carbocycles. The number of carbonyl (C=O) groups is 1. The highest BCUT2D eigenvalue weighted by molar-refractivity contribution is 6.35. The maximum Gasteiger partial charge on any atom is 0.251 e. The van der Waals surface area contributed by atoms with Gasteiger partial charge in [0.05, 0.1) is 10.7 Å². The van der Waals surface area contributed by atoms with Crippen molar-refractivity contribution in [2.75, 3.05) is 5.32 Å². The van der Waals surface area contributed by atoms with E-state index in [1.54, 1.807) is 48.9 Å². The largest absolute Gasteiger partial charge is 0.348 e. The van der Waals surface area contributed by atoms with E-state index in [4.69, 9.17) is 23.2 Å². The Hall–Kier alpha value is -2.63. The molecule has 0 radical (unpaired) electrons. The van der Waals surface area contributed by atoms with Crippen LogP contribution in [0, 0.1) is 0 Å². The third-order valence-electron chi connectivity index (χ3n) is 3.39. The van der Waals surface area contributed by atoms with Gasteiger partial charge in [0.1, 0.15) is 5.82 Å². The Morgan fingerprint density at radius 2 is 1.96 bits per heavy atom. The van der Waals surface area contributed by atoms with Crippen LogP contribution in [0.15, 0.2) is 61.1 Å². The molecule has 0 spiro atoms.